The Hall–Kier alpha value is -0.870. The van der Waals surface area contributed by atoms with Crippen LogP contribution in [0.3, 0.4) is 0 Å². The monoisotopic (exact) mass is 566 g/mol. The van der Waals surface area contributed by atoms with E-state index in [-0.39, 0.29) is 12.5 Å². The van der Waals surface area contributed by atoms with E-state index in [9.17, 15) is 15.0 Å². The zero-order valence-electron chi connectivity index (χ0n) is 27.1. The van der Waals surface area contributed by atoms with Gasteiger partial charge in [-0.05, 0) is 38.5 Å². The Morgan fingerprint density at radius 2 is 0.950 bits per heavy atom. The Bertz CT molecular complexity index is 536. The Balaban J connectivity index is 3.55. The Kier molecular flexibility index (Phi) is 31.9. The molecule has 0 aliphatic carbocycles. The van der Waals surface area contributed by atoms with Crippen LogP contribution in [0, 0.1) is 0 Å². The summed E-state index contributed by atoms with van der Waals surface area (Å²) in [6, 6.07) is -0.532. The van der Waals surface area contributed by atoms with Gasteiger partial charge in [0.25, 0.3) is 0 Å². The van der Waals surface area contributed by atoms with Crippen LogP contribution >= 0.6 is 0 Å². The minimum absolute atomic E-state index is 0.0372. The van der Waals surface area contributed by atoms with Crippen LogP contribution in [0.4, 0.5) is 0 Å². The molecule has 0 aromatic heterocycles. The Morgan fingerprint density at radius 3 is 1.38 bits per heavy atom. The van der Waals surface area contributed by atoms with Gasteiger partial charge in [0.1, 0.15) is 0 Å². The maximum Gasteiger partial charge on any atom is 0.220 e. The molecule has 0 rings (SSSR count). The van der Waals surface area contributed by atoms with Crippen molar-refractivity contribution in [1.82, 2.24) is 5.32 Å². The standard InChI is InChI=1S/C36H71NO3/c1-3-5-7-9-11-13-15-16-17-18-19-20-22-24-26-28-30-32-36(40)37-34(33-38)35(39)31-29-27-25-23-21-14-12-10-8-6-4-2/h16-17,34-35,38-39H,3-15,18-33H2,1-2H3,(H,37,40)/b17-16-. The van der Waals surface area contributed by atoms with Gasteiger partial charge in [-0.3, -0.25) is 4.79 Å². The quantitative estimate of drug-likeness (QED) is 0.0561. The van der Waals surface area contributed by atoms with Gasteiger partial charge in [-0.1, -0.05) is 161 Å². The highest BCUT2D eigenvalue weighted by Crippen LogP contribution is 2.14. The van der Waals surface area contributed by atoms with Gasteiger partial charge in [0.05, 0.1) is 18.8 Å². The van der Waals surface area contributed by atoms with Crippen molar-refractivity contribution < 1.29 is 15.0 Å². The van der Waals surface area contributed by atoms with Crippen LogP contribution in [0.5, 0.6) is 0 Å². The third-order valence-electron chi connectivity index (χ3n) is 8.28. The molecule has 4 heteroatoms. The summed E-state index contributed by atoms with van der Waals surface area (Å²) in [5, 5.41) is 23.0. The summed E-state index contributed by atoms with van der Waals surface area (Å²) in [4.78, 5) is 12.3. The summed E-state index contributed by atoms with van der Waals surface area (Å²) in [5.41, 5.74) is 0. The number of allylic oxidation sites excluding steroid dienone is 2. The molecule has 0 fully saturated rings. The predicted octanol–water partition coefficient (Wildman–Crippen LogP) is 10.3. The van der Waals surface area contributed by atoms with Crippen LogP contribution in [0.15, 0.2) is 12.2 Å². The molecule has 0 radical (unpaired) electrons. The third kappa shape index (κ3) is 28.7. The first-order valence-corrected chi connectivity index (χ1v) is 17.9. The summed E-state index contributed by atoms with van der Waals surface area (Å²) >= 11 is 0. The summed E-state index contributed by atoms with van der Waals surface area (Å²) < 4.78 is 0. The van der Waals surface area contributed by atoms with Crippen molar-refractivity contribution in [3.63, 3.8) is 0 Å². The number of unbranched alkanes of at least 4 members (excludes halogenated alkanes) is 23. The maximum atomic E-state index is 12.3. The highest BCUT2D eigenvalue weighted by molar-refractivity contribution is 5.76. The fraction of sp³-hybridized carbons (Fsp3) is 0.917. The van der Waals surface area contributed by atoms with Gasteiger partial charge in [-0.15, -0.1) is 0 Å². The molecule has 0 aliphatic rings. The summed E-state index contributed by atoms with van der Waals surface area (Å²) in [7, 11) is 0. The number of carbonyl (C=O) groups is 1. The van der Waals surface area contributed by atoms with E-state index in [0.717, 1.165) is 25.7 Å². The van der Waals surface area contributed by atoms with Crippen LogP contribution in [-0.4, -0.2) is 34.9 Å². The lowest BCUT2D eigenvalue weighted by Gasteiger charge is -2.22. The average Bonchev–Trinajstić information content (AvgIpc) is 2.96. The zero-order chi connectivity index (χ0) is 29.4. The predicted molar refractivity (Wildman–Crippen MR) is 175 cm³/mol. The molecule has 0 heterocycles. The molecule has 2 atom stereocenters. The number of carbonyl (C=O) groups excluding carboxylic acids is 1. The number of amides is 1. The van der Waals surface area contributed by atoms with Crippen LogP contribution in [-0.2, 0) is 4.79 Å². The second-order valence-corrected chi connectivity index (χ2v) is 12.3. The van der Waals surface area contributed by atoms with Crippen molar-refractivity contribution in [2.45, 2.75) is 206 Å². The summed E-state index contributed by atoms with van der Waals surface area (Å²) in [6.45, 7) is 4.33. The lowest BCUT2D eigenvalue weighted by Crippen LogP contribution is -2.45. The van der Waals surface area contributed by atoms with Crippen molar-refractivity contribution in [1.29, 1.82) is 0 Å². The molecule has 1 amide bonds. The summed E-state index contributed by atoms with van der Waals surface area (Å²) in [5.74, 6) is -0.0372. The minimum Gasteiger partial charge on any atom is -0.394 e. The Labute approximate surface area is 250 Å². The first-order chi connectivity index (χ1) is 19.7. The highest BCUT2D eigenvalue weighted by Gasteiger charge is 2.19. The molecule has 238 valence electrons. The third-order valence-corrected chi connectivity index (χ3v) is 8.28. The molecule has 0 aromatic carbocycles. The van der Waals surface area contributed by atoms with E-state index >= 15 is 0 Å². The molecule has 3 N–H and O–H groups in total. The molecule has 0 bridgehead atoms. The molecule has 4 nitrogen and oxygen atoms in total. The first-order valence-electron chi connectivity index (χ1n) is 17.9. The van der Waals surface area contributed by atoms with Gasteiger partial charge < -0.3 is 15.5 Å². The molecular formula is C36H71NO3. The fourth-order valence-electron chi connectivity index (χ4n) is 5.47. The van der Waals surface area contributed by atoms with E-state index in [4.69, 9.17) is 0 Å². The highest BCUT2D eigenvalue weighted by atomic mass is 16.3. The lowest BCUT2D eigenvalue weighted by molar-refractivity contribution is -0.123. The molecule has 0 saturated carbocycles. The van der Waals surface area contributed by atoms with Crippen molar-refractivity contribution in [2.24, 2.45) is 0 Å². The fourth-order valence-corrected chi connectivity index (χ4v) is 5.47. The first kappa shape index (κ1) is 39.1. The van der Waals surface area contributed by atoms with Crippen molar-refractivity contribution >= 4 is 5.91 Å². The smallest absolute Gasteiger partial charge is 0.220 e. The molecule has 0 aliphatic heterocycles. The number of aliphatic hydroxyl groups is 2. The van der Waals surface area contributed by atoms with E-state index in [2.05, 4.69) is 31.3 Å². The Morgan fingerprint density at radius 1 is 0.575 bits per heavy atom. The number of aliphatic hydroxyl groups excluding tert-OH is 2. The van der Waals surface area contributed by atoms with Gasteiger partial charge in [0.15, 0.2) is 0 Å². The lowest BCUT2D eigenvalue weighted by atomic mass is 10.0. The van der Waals surface area contributed by atoms with Crippen LogP contribution < -0.4 is 5.32 Å². The van der Waals surface area contributed by atoms with Gasteiger partial charge in [0.2, 0.25) is 5.91 Å². The van der Waals surface area contributed by atoms with Crippen LogP contribution in [0.2, 0.25) is 0 Å². The zero-order valence-corrected chi connectivity index (χ0v) is 27.1. The van der Waals surface area contributed by atoms with Crippen LogP contribution in [0.25, 0.3) is 0 Å². The molecule has 40 heavy (non-hydrogen) atoms. The molecule has 0 spiro atoms. The molecular weight excluding hydrogens is 494 g/mol. The van der Waals surface area contributed by atoms with Crippen molar-refractivity contribution in [2.75, 3.05) is 6.61 Å². The number of hydrogen-bond donors (Lipinski definition) is 3. The van der Waals surface area contributed by atoms with E-state index < -0.39 is 12.1 Å². The summed E-state index contributed by atoms with van der Waals surface area (Å²) in [6.07, 6.45) is 38.3. The normalized spacial score (nSPS) is 13.2. The number of hydrogen-bond acceptors (Lipinski definition) is 3. The second kappa shape index (κ2) is 32.6. The SMILES string of the molecule is CCCCCCCC/C=C\CCCCCCCCCC(=O)NC(CO)C(O)CCCCCCCCCCCCC. The minimum atomic E-state index is -0.655. The van der Waals surface area contributed by atoms with Gasteiger partial charge in [-0.25, -0.2) is 0 Å². The van der Waals surface area contributed by atoms with E-state index in [1.165, 1.54) is 141 Å². The molecule has 0 aromatic rings. The topological polar surface area (TPSA) is 69.6 Å². The largest absolute Gasteiger partial charge is 0.394 e. The second-order valence-electron chi connectivity index (χ2n) is 12.3. The molecule has 2 unspecified atom stereocenters. The van der Waals surface area contributed by atoms with Gasteiger partial charge in [-0.2, -0.15) is 0 Å². The average molecular weight is 566 g/mol. The number of nitrogens with one attached hydrogen (secondary N) is 1. The van der Waals surface area contributed by atoms with Crippen LogP contribution in [0.1, 0.15) is 194 Å². The number of rotatable bonds is 32. The van der Waals surface area contributed by atoms with Crippen molar-refractivity contribution in [3.8, 4) is 0 Å². The van der Waals surface area contributed by atoms with E-state index in [0.29, 0.717) is 12.8 Å². The van der Waals surface area contributed by atoms with Gasteiger partial charge in [0, 0.05) is 6.42 Å². The molecule has 0 saturated heterocycles. The van der Waals surface area contributed by atoms with E-state index in [1.807, 2.05) is 0 Å². The van der Waals surface area contributed by atoms with Crippen molar-refractivity contribution in [3.05, 3.63) is 12.2 Å². The van der Waals surface area contributed by atoms with Gasteiger partial charge >= 0.3 is 0 Å². The van der Waals surface area contributed by atoms with E-state index in [1.54, 1.807) is 0 Å². The maximum absolute atomic E-state index is 12.3.